The fraction of sp³-hybridized carbons (Fsp3) is 0.214. The molecule has 1 aromatic heterocycles. The summed E-state index contributed by atoms with van der Waals surface area (Å²) in [5.74, 6) is -0.442. The van der Waals surface area contributed by atoms with Crippen molar-refractivity contribution in [1.82, 2.24) is 9.97 Å². The van der Waals surface area contributed by atoms with Gasteiger partial charge < -0.3 is 10.6 Å². The lowest BCUT2D eigenvalue weighted by atomic mass is 10.3. The third kappa shape index (κ3) is 3.98. The normalized spacial score (nSPS) is 10.2. The minimum Gasteiger partial charge on any atom is -0.369 e. The average molecular weight is 353 g/mol. The highest BCUT2D eigenvalue weighted by Gasteiger charge is 2.13. The van der Waals surface area contributed by atoms with E-state index in [1.165, 1.54) is 18.5 Å². The Balaban J connectivity index is 2.10. The van der Waals surface area contributed by atoms with Crippen LogP contribution in [0.4, 0.5) is 15.9 Å². The van der Waals surface area contributed by atoms with Gasteiger partial charge in [-0.2, -0.15) is 0 Å². The van der Waals surface area contributed by atoms with Crippen LogP contribution in [0.15, 0.2) is 35.1 Å². The highest BCUT2D eigenvalue weighted by molar-refractivity contribution is 9.10. The van der Waals surface area contributed by atoms with Crippen molar-refractivity contribution in [2.24, 2.45) is 0 Å². The molecule has 1 heterocycles. The number of aromatic nitrogens is 2. The molecule has 0 fully saturated rings. The quantitative estimate of drug-likeness (QED) is 0.864. The van der Waals surface area contributed by atoms with Crippen LogP contribution in [0.5, 0.6) is 0 Å². The van der Waals surface area contributed by atoms with E-state index in [4.69, 9.17) is 0 Å². The molecule has 0 bridgehead atoms. The zero-order valence-corrected chi connectivity index (χ0v) is 12.9. The number of benzene rings is 1. The monoisotopic (exact) mass is 352 g/mol. The van der Waals surface area contributed by atoms with Gasteiger partial charge >= 0.3 is 0 Å². The van der Waals surface area contributed by atoms with E-state index in [-0.39, 0.29) is 11.4 Å². The first kappa shape index (κ1) is 15.4. The van der Waals surface area contributed by atoms with Gasteiger partial charge in [-0.15, -0.1) is 0 Å². The molecule has 0 aliphatic rings. The molecular weight excluding hydrogens is 339 g/mol. The second kappa shape index (κ2) is 7.12. The van der Waals surface area contributed by atoms with Crippen LogP contribution in [-0.2, 0) is 0 Å². The number of para-hydroxylation sites is 1. The molecule has 21 heavy (non-hydrogen) atoms. The summed E-state index contributed by atoms with van der Waals surface area (Å²) >= 11 is 3.19. The van der Waals surface area contributed by atoms with Crippen molar-refractivity contribution in [3.8, 4) is 0 Å². The summed E-state index contributed by atoms with van der Waals surface area (Å²) in [6, 6.07) is 4.45. The van der Waals surface area contributed by atoms with Crippen molar-refractivity contribution in [1.29, 1.82) is 0 Å². The summed E-state index contributed by atoms with van der Waals surface area (Å²) in [5, 5.41) is 5.53. The van der Waals surface area contributed by atoms with Crippen LogP contribution in [0.25, 0.3) is 0 Å². The SMILES string of the molecule is CCCNc1cnc(C(=O)Nc2c(F)cccc2Br)cn1. The summed E-state index contributed by atoms with van der Waals surface area (Å²) in [6.07, 6.45) is 3.79. The standard InChI is InChI=1S/C14H14BrFN4O/c1-2-6-17-12-8-18-11(7-19-12)14(21)20-13-9(15)4-3-5-10(13)16/h3-5,7-8H,2,6H2,1H3,(H,17,19)(H,20,21). The maximum atomic E-state index is 13.6. The zero-order chi connectivity index (χ0) is 15.2. The Hall–Kier alpha value is -2.02. The number of amides is 1. The minimum absolute atomic E-state index is 0.0810. The topological polar surface area (TPSA) is 66.9 Å². The van der Waals surface area contributed by atoms with E-state index in [2.05, 4.69) is 36.5 Å². The zero-order valence-electron chi connectivity index (χ0n) is 11.4. The minimum atomic E-state index is -0.521. The number of hydrogen-bond donors (Lipinski definition) is 2. The summed E-state index contributed by atoms with van der Waals surface area (Å²) in [4.78, 5) is 20.1. The Labute approximate surface area is 130 Å². The van der Waals surface area contributed by atoms with Crippen molar-refractivity contribution in [3.63, 3.8) is 0 Å². The maximum absolute atomic E-state index is 13.6. The molecule has 0 saturated heterocycles. The molecule has 1 amide bonds. The second-order valence-electron chi connectivity index (χ2n) is 4.26. The number of carbonyl (C=O) groups excluding carboxylic acids is 1. The van der Waals surface area contributed by atoms with E-state index in [9.17, 15) is 9.18 Å². The smallest absolute Gasteiger partial charge is 0.275 e. The van der Waals surface area contributed by atoms with Gasteiger partial charge in [-0.05, 0) is 34.5 Å². The van der Waals surface area contributed by atoms with Gasteiger partial charge in [0, 0.05) is 11.0 Å². The number of carbonyl (C=O) groups is 1. The van der Waals surface area contributed by atoms with Crippen molar-refractivity contribution in [2.75, 3.05) is 17.2 Å². The van der Waals surface area contributed by atoms with Gasteiger partial charge in [-0.25, -0.2) is 14.4 Å². The first-order valence-corrected chi connectivity index (χ1v) is 7.22. The van der Waals surface area contributed by atoms with Gasteiger partial charge in [-0.3, -0.25) is 4.79 Å². The fourth-order valence-electron chi connectivity index (χ4n) is 1.58. The molecule has 7 heteroatoms. The summed E-state index contributed by atoms with van der Waals surface area (Å²) in [7, 11) is 0. The van der Waals surface area contributed by atoms with E-state index in [1.807, 2.05) is 6.92 Å². The van der Waals surface area contributed by atoms with Crippen molar-refractivity contribution < 1.29 is 9.18 Å². The van der Waals surface area contributed by atoms with E-state index in [1.54, 1.807) is 12.1 Å². The van der Waals surface area contributed by atoms with Crippen molar-refractivity contribution in [2.45, 2.75) is 13.3 Å². The number of halogens is 2. The molecule has 0 radical (unpaired) electrons. The Morgan fingerprint density at radius 1 is 1.33 bits per heavy atom. The molecule has 0 saturated carbocycles. The Morgan fingerprint density at radius 2 is 2.14 bits per heavy atom. The molecule has 2 rings (SSSR count). The molecule has 1 aromatic carbocycles. The number of rotatable bonds is 5. The van der Waals surface area contributed by atoms with Crippen LogP contribution in [0.1, 0.15) is 23.8 Å². The molecule has 0 atom stereocenters. The maximum Gasteiger partial charge on any atom is 0.275 e. The number of hydrogen-bond acceptors (Lipinski definition) is 4. The highest BCUT2D eigenvalue weighted by atomic mass is 79.9. The Bertz CT molecular complexity index is 613. The van der Waals surface area contributed by atoms with Crippen molar-refractivity contribution >= 4 is 33.3 Å². The van der Waals surface area contributed by atoms with Crippen LogP contribution in [0, 0.1) is 5.82 Å². The molecule has 0 aliphatic heterocycles. The Kier molecular flexibility index (Phi) is 5.21. The van der Waals surface area contributed by atoms with Crippen LogP contribution in [0.2, 0.25) is 0 Å². The van der Waals surface area contributed by atoms with Gasteiger partial charge in [0.05, 0.1) is 18.1 Å². The molecule has 5 nitrogen and oxygen atoms in total. The molecule has 0 unspecified atom stereocenters. The van der Waals surface area contributed by atoms with Gasteiger partial charge in [0.15, 0.2) is 0 Å². The van der Waals surface area contributed by atoms with Crippen LogP contribution < -0.4 is 10.6 Å². The first-order valence-electron chi connectivity index (χ1n) is 6.43. The van der Waals surface area contributed by atoms with Crippen LogP contribution >= 0.6 is 15.9 Å². The van der Waals surface area contributed by atoms with E-state index in [0.717, 1.165) is 13.0 Å². The van der Waals surface area contributed by atoms with Gasteiger partial charge in [-0.1, -0.05) is 13.0 Å². The molecule has 0 aliphatic carbocycles. The Morgan fingerprint density at radius 3 is 2.76 bits per heavy atom. The lowest BCUT2D eigenvalue weighted by molar-refractivity contribution is 0.102. The predicted molar refractivity (Wildman–Crippen MR) is 82.9 cm³/mol. The van der Waals surface area contributed by atoms with Crippen LogP contribution in [0.3, 0.4) is 0 Å². The third-order valence-corrected chi connectivity index (χ3v) is 3.30. The fourth-order valence-corrected chi connectivity index (χ4v) is 2.03. The highest BCUT2D eigenvalue weighted by Crippen LogP contribution is 2.25. The third-order valence-electron chi connectivity index (χ3n) is 2.64. The largest absolute Gasteiger partial charge is 0.369 e. The summed E-state index contributed by atoms with van der Waals surface area (Å²) in [6.45, 7) is 2.82. The second-order valence-corrected chi connectivity index (χ2v) is 5.12. The summed E-state index contributed by atoms with van der Waals surface area (Å²) in [5.41, 5.74) is 0.199. The van der Waals surface area contributed by atoms with Crippen molar-refractivity contribution in [3.05, 3.63) is 46.6 Å². The lowest BCUT2D eigenvalue weighted by Gasteiger charge is -2.08. The summed E-state index contributed by atoms with van der Waals surface area (Å²) < 4.78 is 14.1. The molecule has 0 spiro atoms. The molecule has 110 valence electrons. The average Bonchev–Trinajstić information content (AvgIpc) is 2.49. The number of anilines is 2. The lowest BCUT2D eigenvalue weighted by Crippen LogP contribution is -2.16. The van der Waals surface area contributed by atoms with Gasteiger partial charge in [0.25, 0.3) is 5.91 Å². The van der Waals surface area contributed by atoms with E-state index >= 15 is 0 Å². The number of nitrogens with zero attached hydrogens (tertiary/aromatic N) is 2. The molecule has 2 N–H and O–H groups in total. The van der Waals surface area contributed by atoms with E-state index < -0.39 is 11.7 Å². The number of nitrogens with one attached hydrogen (secondary N) is 2. The van der Waals surface area contributed by atoms with E-state index in [0.29, 0.717) is 10.3 Å². The van der Waals surface area contributed by atoms with Crippen LogP contribution in [-0.4, -0.2) is 22.4 Å². The molecular formula is C14H14BrFN4O. The molecule has 2 aromatic rings. The predicted octanol–water partition coefficient (Wildman–Crippen LogP) is 3.45. The van der Waals surface area contributed by atoms with Gasteiger partial charge in [0.1, 0.15) is 17.3 Å². The van der Waals surface area contributed by atoms with Gasteiger partial charge in [0.2, 0.25) is 0 Å². The first-order chi connectivity index (χ1) is 10.1.